The van der Waals surface area contributed by atoms with E-state index in [0.717, 1.165) is 21.1 Å². The van der Waals surface area contributed by atoms with Crippen molar-refractivity contribution >= 4 is 23.8 Å². The molecule has 92 valence electrons. The molecule has 0 bridgehead atoms. The van der Waals surface area contributed by atoms with E-state index in [9.17, 15) is 9.59 Å². The van der Waals surface area contributed by atoms with Crippen LogP contribution in [0.2, 0.25) is 0 Å². The Kier molecular flexibility index (Phi) is 4.99. The summed E-state index contributed by atoms with van der Waals surface area (Å²) in [4.78, 5) is 23.2. The van der Waals surface area contributed by atoms with Crippen molar-refractivity contribution in [3.05, 3.63) is 30.3 Å². The van der Waals surface area contributed by atoms with Crippen molar-refractivity contribution in [1.82, 2.24) is 4.31 Å². The summed E-state index contributed by atoms with van der Waals surface area (Å²) in [5, 5.41) is 8.74. The van der Waals surface area contributed by atoms with E-state index in [1.807, 2.05) is 18.2 Å². The third kappa shape index (κ3) is 4.46. The van der Waals surface area contributed by atoms with Gasteiger partial charge in [-0.2, -0.15) is 0 Å². The molecule has 0 fully saturated rings. The molecule has 1 aromatic rings. The molecule has 1 atom stereocenters. The zero-order chi connectivity index (χ0) is 12.8. The van der Waals surface area contributed by atoms with Crippen LogP contribution in [0.3, 0.4) is 0 Å². The first-order chi connectivity index (χ1) is 8.00. The summed E-state index contributed by atoms with van der Waals surface area (Å²) in [6.07, 6.45) is 0. The van der Waals surface area contributed by atoms with Gasteiger partial charge >= 0.3 is 5.97 Å². The zero-order valence-electron chi connectivity index (χ0n) is 9.37. The van der Waals surface area contributed by atoms with Gasteiger partial charge in [0.1, 0.15) is 6.54 Å². The molecular formula is C11H14N2O3S. The van der Waals surface area contributed by atoms with Crippen LogP contribution in [0.1, 0.15) is 6.92 Å². The van der Waals surface area contributed by atoms with Gasteiger partial charge in [0.15, 0.2) is 0 Å². The predicted molar refractivity (Wildman–Crippen MR) is 65.3 cm³/mol. The lowest BCUT2D eigenvalue weighted by molar-refractivity contribution is -0.141. The van der Waals surface area contributed by atoms with Crippen molar-refractivity contribution in [3.8, 4) is 0 Å². The highest BCUT2D eigenvalue weighted by atomic mass is 32.2. The van der Waals surface area contributed by atoms with Crippen molar-refractivity contribution in [3.63, 3.8) is 0 Å². The normalized spacial score (nSPS) is 11.9. The van der Waals surface area contributed by atoms with Gasteiger partial charge < -0.3 is 10.8 Å². The van der Waals surface area contributed by atoms with Gasteiger partial charge in [0.05, 0.1) is 6.04 Å². The van der Waals surface area contributed by atoms with E-state index in [0.29, 0.717) is 0 Å². The maximum absolute atomic E-state index is 11.7. The minimum absolute atomic E-state index is 0.375. The highest BCUT2D eigenvalue weighted by molar-refractivity contribution is 7.97. The maximum Gasteiger partial charge on any atom is 0.324 e. The molecule has 6 heteroatoms. The first-order valence-electron chi connectivity index (χ1n) is 5.02. The average molecular weight is 254 g/mol. The van der Waals surface area contributed by atoms with Crippen LogP contribution in [0.4, 0.5) is 0 Å². The van der Waals surface area contributed by atoms with Gasteiger partial charge in [0, 0.05) is 4.90 Å². The molecule has 3 N–H and O–H groups in total. The minimum atomic E-state index is -1.07. The van der Waals surface area contributed by atoms with E-state index in [2.05, 4.69) is 0 Å². The van der Waals surface area contributed by atoms with Crippen LogP contribution in [0.25, 0.3) is 0 Å². The molecular weight excluding hydrogens is 240 g/mol. The monoisotopic (exact) mass is 254 g/mol. The van der Waals surface area contributed by atoms with E-state index in [1.54, 1.807) is 12.1 Å². The van der Waals surface area contributed by atoms with Crippen LogP contribution < -0.4 is 5.73 Å². The molecule has 0 heterocycles. The number of amides is 1. The van der Waals surface area contributed by atoms with Crippen molar-refractivity contribution in [2.45, 2.75) is 17.9 Å². The Hall–Kier alpha value is -1.53. The predicted octanol–water partition coefficient (Wildman–Crippen LogP) is 0.954. The molecule has 0 aromatic heterocycles. The number of rotatable bonds is 5. The maximum atomic E-state index is 11.7. The van der Waals surface area contributed by atoms with E-state index in [-0.39, 0.29) is 6.54 Å². The molecule has 1 rings (SSSR count). The standard InChI is InChI=1S/C11H14N2O3S/c1-8(12)11(16)13(7-10(14)15)17-9-5-3-2-4-6-9/h2-6,8H,7,12H2,1H3,(H,14,15)/t8-/m0/s1. The van der Waals surface area contributed by atoms with Gasteiger partial charge in [-0.25, -0.2) is 0 Å². The molecule has 0 aliphatic carbocycles. The van der Waals surface area contributed by atoms with Crippen LogP contribution in [-0.4, -0.2) is 33.9 Å². The molecule has 1 amide bonds. The first-order valence-corrected chi connectivity index (χ1v) is 5.80. The molecule has 0 aliphatic rings. The SMILES string of the molecule is C[C@H](N)C(=O)N(CC(=O)O)Sc1ccccc1. The summed E-state index contributed by atoms with van der Waals surface area (Å²) in [6.45, 7) is 1.16. The van der Waals surface area contributed by atoms with Gasteiger partial charge in [-0.05, 0) is 31.0 Å². The number of nitrogens with two attached hydrogens (primary N) is 1. The lowest BCUT2D eigenvalue weighted by Gasteiger charge is -2.20. The lowest BCUT2D eigenvalue weighted by Crippen LogP contribution is -2.40. The zero-order valence-corrected chi connectivity index (χ0v) is 10.2. The summed E-state index contributed by atoms with van der Waals surface area (Å²) < 4.78 is 1.16. The van der Waals surface area contributed by atoms with E-state index in [4.69, 9.17) is 10.8 Å². The smallest absolute Gasteiger partial charge is 0.324 e. The Morgan fingerprint density at radius 1 is 1.41 bits per heavy atom. The third-order valence-corrected chi connectivity index (χ3v) is 2.89. The van der Waals surface area contributed by atoms with E-state index >= 15 is 0 Å². The Morgan fingerprint density at radius 3 is 2.47 bits per heavy atom. The summed E-state index contributed by atoms with van der Waals surface area (Å²) >= 11 is 1.08. The Bertz CT molecular complexity index is 395. The molecule has 0 radical (unpaired) electrons. The van der Waals surface area contributed by atoms with Crippen molar-refractivity contribution in [2.75, 3.05) is 6.54 Å². The van der Waals surface area contributed by atoms with Gasteiger partial charge in [-0.1, -0.05) is 18.2 Å². The average Bonchev–Trinajstić information content (AvgIpc) is 2.28. The number of carbonyl (C=O) groups is 2. The molecule has 0 saturated heterocycles. The number of carboxylic acids is 1. The molecule has 0 spiro atoms. The molecule has 17 heavy (non-hydrogen) atoms. The first kappa shape index (κ1) is 13.5. The second kappa shape index (κ2) is 6.27. The molecule has 0 unspecified atom stereocenters. The fourth-order valence-corrected chi connectivity index (χ4v) is 2.08. The molecule has 0 aliphatic heterocycles. The van der Waals surface area contributed by atoms with Gasteiger partial charge in [-0.15, -0.1) is 0 Å². The van der Waals surface area contributed by atoms with Gasteiger partial charge in [-0.3, -0.25) is 13.9 Å². The van der Waals surface area contributed by atoms with Crippen molar-refractivity contribution < 1.29 is 14.7 Å². The van der Waals surface area contributed by atoms with Crippen LogP contribution in [0.15, 0.2) is 35.2 Å². The molecule has 0 saturated carbocycles. The fraction of sp³-hybridized carbons (Fsp3) is 0.273. The van der Waals surface area contributed by atoms with Crippen molar-refractivity contribution in [1.29, 1.82) is 0 Å². The summed E-state index contributed by atoms with van der Waals surface area (Å²) in [6, 6.07) is 8.36. The third-order valence-electron chi connectivity index (χ3n) is 1.87. The van der Waals surface area contributed by atoms with Crippen LogP contribution in [0, 0.1) is 0 Å². The number of nitrogens with zero attached hydrogens (tertiary/aromatic N) is 1. The Balaban J connectivity index is 2.77. The Labute approximate surface area is 104 Å². The minimum Gasteiger partial charge on any atom is -0.480 e. The van der Waals surface area contributed by atoms with Gasteiger partial charge in [0.25, 0.3) is 0 Å². The van der Waals surface area contributed by atoms with E-state index in [1.165, 1.54) is 6.92 Å². The molecule has 5 nitrogen and oxygen atoms in total. The summed E-state index contributed by atoms with van der Waals surface area (Å²) in [5.74, 6) is -1.47. The van der Waals surface area contributed by atoms with Crippen LogP contribution >= 0.6 is 11.9 Å². The summed E-state index contributed by atoms with van der Waals surface area (Å²) in [7, 11) is 0. The van der Waals surface area contributed by atoms with Crippen molar-refractivity contribution in [2.24, 2.45) is 5.73 Å². The highest BCUT2D eigenvalue weighted by Crippen LogP contribution is 2.22. The molecule has 1 aromatic carbocycles. The number of carboxylic acid groups (broad SMARTS) is 1. The second-order valence-electron chi connectivity index (χ2n) is 3.46. The van der Waals surface area contributed by atoms with Crippen LogP contribution in [-0.2, 0) is 9.59 Å². The number of hydrogen-bond donors (Lipinski definition) is 2. The fourth-order valence-electron chi connectivity index (χ4n) is 1.11. The number of hydrogen-bond acceptors (Lipinski definition) is 4. The quantitative estimate of drug-likeness (QED) is 0.764. The topological polar surface area (TPSA) is 83.6 Å². The number of carbonyl (C=O) groups excluding carboxylic acids is 1. The number of aliphatic carboxylic acids is 1. The van der Waals surface area contributed by atoms with Gasteiger partial charge in [0.2, 0.25) is 5.91 Å². The number of benzene rings is 1. The summed E-state index contributed by atoms with van der Waals surface area (Å²) in [5.41, 5.74) is 5.47. The largest absolute Gasteiger partial charge is 0.480 e. The van der Waals surface area contributed by atoms with Crippen LogP contribution in [0.5, 0.6) is 0 Å². The Morgan fingerprint density at radius 2 is 2.00 bits per heavy atom. The second-order valence-corrected chi connectivity index (χ2v) is 4.56. The lowest BCUT2D eigenvalue weighted by atomic mass is 10.3. The van der Waals surface area contributed by atoms with E-state index < -0.39 is 17.9 Å². The highest BCUT2D eigenvalue weighted by Gasteiger charge is 2.21.